The van der Waals surface area contributed by atoms with Crippen molar-refractivity contribution >= 4 is 11.9 Å². The number of allylic oxidation sites excluding steroid dienone is 1. The molecule has 2 aromatic rings. The second-order valence-electron chi connectivity index (χ2n) is 6.01. The number of rotatable bonds is 10. The van der Waals surface area contributed by atoms with E-state index in [9.17, 15) is 9.90 Å². The van der Waals surface area contributed by atoms with E-state index < -0.39 is 11.5 Å². The fraction of sp³-hybridized carbons (Fsp3) is 0.318. The van der Waals surface area contributed by atoms with Gasteiger partial charge in [-0.3, -0.25) is 4.79 Å². The van der Waals surface area contributed by atoms with Gasteiger partial charge in [-0.15, -0.1) is 0 Å². The molecule has 2 aromatic carbocycles. The highest BCUT2D eigenvalue weighted by molar-refractivity contribution is 6.12. The lowest BCUT2D eigenvalue weighted by Gasteiger charge is -2.19. The Labute approximate surface area is 180 Å². The Morgan fingerprint density at radius 2 is 1.13 bits per heavy atom. The molecule has 0 aliphatic heterocycles. The van der Waals surface area contributed by atoms with Crippen LogP contribution in [-0.2, 0) is 0 Å². The number of phenols is 1. The van der Waals surface area contributed by atoms with E-state index in [0.717, 1.165) is 0 Å². The van der Waals surface area contributed by atoms with Crippen molar-refractivity contribution in [1.82, 2.24) is 0 Å². The summed E-state index contributed by atoms with van der Waals surface area (Å²) in [7, 11) is 9.94. The number of hydrogen-bond donors (Lipinski definition) is 1. The fourth-order valence-corrected chi connectivity index (χ4v) is 3.08. The molecule has 0 amide bonds. The van der Waals surface area contributed by atoms with Crippen LogP contribution in [0.1, 0.15) is 15.9 Å². The molecule has 2 rings (SSSR count). The van der Waals surface area contributed by atoms with E-state index in [1.54, 1.807) is 12.1 Å². The monoisotopic (exact) mass is 434 g/mol. The van der Waals surface area contributed by atoms with Crippen LogP contribution < -0.4 is 33.2 Å². The number of hydrogen-bond acceptors (Lipinski definition) is 9. The van der Waals surface area contributed by atoms with Crippen LogP contribution in [0.25, 0.3) is 6.08 Å². The van der Waals surface area contributed by atoms with Gasteiger partial charge in [0.05, 0.1) is 49.8 Å². The number of benzene rings is 2. The van der Waals surface area contributed by atoms with E-state index in [1.165, 1.54) is 61.9 Å². The van der Waals surface area contributed by atoms with Crippen LogP contribution in [0.3, 0.4) is 0 Å². The van der Waals surface area contributed by atoms with E-state index in [4.69, 9.17) is 33.2 Å². The highest BCUT2D eigenvalue weighted by Gasteiger charge is 2.30. The number of ether oxygens (including phenoxy) is 7. The zero-order valence-corrected chi connectivity index (χ0v) is 18.5. The summed E-state index contributed by atoms with van der Waals surface area (Å²) in [5.41, 5.74) is 0.467. The molecule has 0 heterocycles. The molecular formula is C22H26O9. The average molecular weight is 434 g/mol. The topological polar surface area (TPSA) is 102 Å². The molecule has 0 saturated heterocycles. The van der Waals surface area contributed by atoms with E-state index in [0.29, 0.717) is 22.8 Å². The smallest absolute Gasteiger partial charge is 0.211 e. The van der Waals surface area contributed by atoms with Crippen LogP contribution in [-0.4, -0.2) is 60.7 Å². The maximum absolute atomic E-state index is 13.0. The van der Waals surface area contributed by atoms with Crippen LogP contribution in [0.15, 0.2) is 18.2 Å². The first-order chi connectivity index (χ1) is 14.9. The van der Waals surface area contributed by atoms with Gasteiger partial charge in [0.25, 0.3) is 0 Å². The van der Waals surface area contributed by atoms with Crippen molar-refractivity contribution in [2.75, 3.05) is 49.8 Å². The van der Waals surface area contributed by atoms with Gasteiger partial charge in [0.1, 0.15) is 5.56 Å². The van der Waals surface area contributed by atoms with Gasteiger partial charge in [-0.2, -0.15) is 0 Å². The minimum absolute atomic E-state index is 0.0113. The third-order valence-corrected chi connectivity index (χ3v) is 4.47. The molecule has 0 radical (unpaired) electrons. The minimum Gasteiger partial charge on any atom is -0.504 e. The summed E-state index contributed by atoms with van der Waals surface area (Å²) < 4.78 is 37.1. The Morgan fingerprint density at radius 1 is 0.677 bits per heavy atom. The molecule has 0 bridgehead atoms. The second-order valence-corrected chi connectivity index (χ2v) is 6.01. The maximum Gasteiger partial charge on any atom is 0.211 e. The van der Waals surface area contributed by atoms with Gasteiger partial charge in [0, 0.05) is 0 Å². The van der Waals surface area contributed by atoms with Crippen LogP contribution in [0.4, 0.5) is 0 Å². The summed E-state index contributed by atoms with van der Waals surface area (Å²) in [6, 6.07) is 3.36. The SMILES string of the molecule is COc1cc(C=CC(=O)c2c(O)c(OC)c(OC)c(OC)c2OC)cc(OC)c1OC. The van der Waals surface area contributed by atoms with Gasteiger partial charge in [0.2, 0.25) is 23.0 Å². The lowest BCUT2D eigenvalue weighted by molar-refractivity contribution is 0.104. The molecule has 0 atom stereocenters. The van der Waals surface area contributed by atoms with Crippen molar-refractivity contribution in [2.24, 2.45) is 0 Å². The zero-order chi connectivity index (χ0) is 23.1. The van der Waals surface area contributed by atoms with Crippen molar-refractivity contribution in [3.05, 3.63) is 29.3 Å². The molecule has 31 heavy (non-hydrogen) atoms. The Kier molecular flexibility index (Phi) is 7.84. The Balaban J connectivity index is 2.59. The van der Waals surface area contributed by atoms with Crippen LogP contribution in [0, 0.1) is 0 Å². The molecule has 9 heteroatoms. The summed E-state index contributed by atoms with van der Waals surface area (Å²) in [4.78, 5) is 13.0. The van der Waals surface area contributed by atoms with Crippen molar-refractivity contribution in [3.63, 3.8) is 0 Å². The Morgan fingerprint density at radius 3 is 1.55 bits per heavy atom. The molecule has 0 aliphatic carbocycles. The van der Waals surface area contributed by atoms with Crippen LogP contribution in [0.2, 0.25) is 0 Å². The second kappa shape index (κ2) is 10.3. The summed E-state index contributed by atoms with van der Waals surface area (Å²) in [5, 5.41) is 10.7. The third-order valence-electron chi connectivity index (χ3n) is 4.47. The highest BCUT2D eigenvalue weighted by Crippen LogP contribution is 2.53. The van der Waals surface area contributed by atoms with Crippen LogP contribution >= 0.6 is 0 Å². The average Bonchev–Trinajstić information content (AvgIpc) is 2.80. The predicted molar refractivity (Wildman–Crippen MR) is 114 cm³/mol. The summed E-state index contributed by atoms with van der Waals surface area (Å²) >= 11 is 0. The fourth-order valence-electron chi connectivity index (χ4n) is 3.08. The van der Waals surface area contributed by atoms with Gasteiger partial charge in [0.15, 0.2) is 28.8 Å². The quantitative estimate of drug-likeness (QED) is 0.445. The first-order valence-electron chi connectivity index (χ1n) is 9.03. The molecule has 0 saturated carbocycles. The van der Waals surface area contributed by atoms with Crippen molar-refractivity contribution in [1.29, 1.82) is 0 Å². The number of aromatic hydroxyl groups is 1. The summed E-state index contributed by atoms with van der Waals surface area (Å²) in [5.74, 6) is 0.483. The molecule has 0 aliphatic rings. The molecule has 0 aromatic heterocycles. The van der Waals surface area contributed by atoms with Gasteiger partial charge in [-0.05, 0) is 23.8 Å². The Hall–Kier alpha value is -3.75. The number of methoxy groups -OCH3 is 7. The molecule has 1 N–H and O–H groups in total. The molecular weight excluding hydrogens is 408 g/mol. The van der Waals surface area contributed by atoms with Crippen molar-refractivity contribution in [2.45, 2.75) is 0 Å². The number of carbonyl (C=O) groups is 1. The van der Waals surface area contributed by atoms with Gasteiger partial charge >= 0.3 is 0 Å². The van der Waals surface area contributed by atoms with E-state index >= 15 is 0 Å². The molecule has 168 valence electrons. The zero-order valence-electron chi connectivity index (χ0n) is 18.5. The van der Waals surface area contributed by atoms with E-state index in [1.807, 2.05) is 0 Å². The Bertz CT molecular complexity index is 955. The number of phenolic OH excluding ortho intramolecular Hbond substituents is 1. The maximum atomic E-state index is 13.0. The lowest BCUT2D eigenvalue weighted by atomic mass is 10.0. The molecule has 0 spiro atoms. The van der Waals surface area contributed by atoms with E-state index in [-0.39, 0.29) is 28.6 Å². The van der Waals surface area contributed by atoms with Gasteiger partial charge in [-0.25, -0.2) is 0 Å². The lowest BCUT2D eigenvalue weighted by Crippen LogP contribution is -2.06. The first kappa shape index (κ1) is 23.5. The highest BCUT2D eigenvalue weighted by atomic mass is 16.5. The van der Waals surface area contributed by atoms with Gasteiger partial charge in [-0.1, -0.05) is 6.08 Å². The predicted octanol–water partition coefficient (Wildman–Crippen LogP) is 3.35. The first-order valence-corrected chi connectivity index (χ1v) is 9.03. The molecule has 9 nitrogen and oxygen atoms in total. The summed E-state index contributed by atoms with van der Waals surface area (Å²) in [6.07, 6.45) is 2.80. The summed E-state index contributed by atoms with van der Waals surface area (Å²) in [6.45, 7) is 0. The van der Waals surface area contributed by atoms with E-state index in [2.05, 4.69) is 0 Å². The van der Waals surface area contributed by atoms with Crippen molar-refractivity contribution in [3.8, 4) is 46.0 Å². The largest absolute Gasteiger partial charge is 0.504 e. The number of ketones is 1. The van der Waals surface area contributed by atoms with Gasteiger partial charge < -0.3 is 38.3 Å². The van der Waals surface area contributed by atoms with Crippen LogP contribution in [0.5, 0.6) is 46.0 Å². The molecule has 0 fully saturated rings. The minimum atomic E-state index is -0.553. The third kappa shape index (κ3) is 4.40. The van der Waals surface area contributed by atoms with Crippen molar-refractivity contribution < 1.29 is 43.1 Å². The standard InChI is InChI=1S/C22H26O9/c1-25-14-10-12(11-15(26-2)18(14)27-3)8-9-13(23)16-17(24)20(29-5)22(31-7)21(30-6)19(16)28-4/h8-11,24H,1-7H3. The number of carbonyl (C=O) groups excluding carboxylic acids is 1. The normalized spacial score (nSPS) is 10.5. The molecule has 0 unspecified atom stereocenters.